The molecule has 1 heterocycles. The number of carbonyl (C=O) groups is 1. The van der Waals surface area contributed by atoms with Gasteiger partial charge in [0.25, 0.3) is 0 Å². The molecule has 0 bridgehead atoms. The first kappa shape index (κ1) is 18.2. The minimum atomic E-state index is -0.369. The second-order valence-corrected chi connectivity index (χ2v) is 6.98. The van der Waals surface area contributed by atoms with E-state index in [1.165, 1.54) is 0 Å². The Morgan fingerprint density at radius 2 is 2.12 bits per heavy atom. The molecule has 25 heavy (non-hydrogen) atoms. The summed E-state index contributed by atoms with van der Waals surface area (Å²) in [7, 11) is 1.62. The van der Waals surface area contributed by atoms with E-state index in [0.29, 0.717) is 32.5 Å². The van der Waals surface area contributed by atoms with Crippen LogP contribution in [0, 0.1) is 5.41 Å². The highest BCUT2D eigenvalue weighted by atomic mass is 16.5. The predicted molar refractivity (Wildman–Crippen MR) is 92.4 cm³/mol. The van der Waals surface area contributed by atoms with Crippen molar-refractivity contribution in [2.75, 3.05) is 33.4 Å². The number of aliphatic hydroxyl groups excluding tert-OH is 2. The molecule has 2 N–H and O–H groups in total. The second kappa shape index (κ2) is 7.72. The Morgan fingerprint density at radius 3 is 2.76 bits per heavy atom. The van der Waals surface area contributed by atoms with Crippen molar-refractivity contribution in [2.24, 2.45) is 5.41 Å². The molecule has 2 aliphatic rings. The topological polar surface area (TPSA) is 79.2 Å². The highest BCUT2D eigenvalue weighted by Gasteiger charge is 2.56. The maximum Gasteiger partial charge on any atom is 0.226 e. The molecule has 2 fully saturated rings. The largest absolute Gasteiger partial charge is 0.497 e. The number of hydrogen-bond donors (Lipinski definition) is 2. The average Bonchev–Trinajstić information content (AvgIpc) is 2.65. The van der Waals surface area contributed by atoms with E-state index in [4.69, 9.17) is 14.6 Å². The number of hydrogen-bond acceptors (Lipinski definition) is 5. The van der Waals surface area contributed by atoms with Gasteiger partial charge < -0.3 is 24.6 Å². The molecule has 138 valence electrons. The van der Waals surface area contributed by atoms with Crippen molar-refractivity contribution in [2.45, 2.75) is 37.9 Å². The van der Waals surface area contributed by atoms with Crippen molar-refractivity contribution in [1.29, 1.82) is 0 Å². The lowest BCUT2D eigenvalue weighted by atomic mass is 9.58. The number of ether oxygens (including phenoxy) is 2. The van der Waals surface area contributed by atoms with Gasteiger partial charge in [-0.3, -0.25) is 4.79 Å². The van der Waals surface area contributed by atoms with Crippen molar-refractivity contribution < 1.29 is 24.5 Å². The van der Waals surface area contributed by atoms with Crippen molar-refractivity contribution >= 4 is 5.91 Å². The van der Waals surface area contributed by atoms with Gasteiger partial charge in [-0.1, -0.05) is 12.1 Å². The van der Waals surface area contributed by atoms with Crippen LogP contribution in [-0.4, -0.2) is 66.6 Å². The Kier molecular flexibility index (Phi) is 5.61. The highest BCUT2D eigenvalue weighted by molar-refractivity contribution is 5.79. The minimum absolute atomic E-state index is 0.00613. The molecule has 6 nitrogen and oxygen atoms in total. The Bertz CT molecular complexity index is 597. The van der Waals surface area contributed by atoms with E-state index in [9.17, 15) is 9.90 Å². The van der Waals surface area contributed by atoms with E-state index in [-0.39, 0.29) is 30.1 Å². The molecule has 0 radical (unpaired) electrons. The van der Waals surface area contributed by atoms with Crippen LogP contribution in [0.2, 0.25) is 0 Å². The number of rotatable bonds is 6. The summed E-state index contributed by atoms with van der Waals surface area (Å²) in [6.07, 6.45) is 2.09. The standard InChI is InChI=1S/C19H27NO5/c1-24-15-4-2-3-14(11-15)12-18(23)20-7-5-19(6-8-20)16(22)13-17(19)25-10-9-21/h2-4,11,16-17,21-22H,5-10,12-13H2,1H3/t16-,17+/m1/s1. The fraction of sp³-hybridized carbons (Fsp3) is 0.632. The number of aliphatic hydroxyl groups is 2. The number of benzene rings is 1. The van der Waals surface area contributed by atoms with Gasteiger partial charge >= 0.3 is 0 Å². The van der Waals surface area contributed by atoms with E-state index in [1.807, 2.05) is 29.2 Å². The number of amides is 1. The SMILES string of the molecule is COc1cccc(CC(=O)N2CCC3(CC2)[C@H](O)C[C@@H]3OCCO)c1. The van der Waals surface area contributed by atoms with E-state index >= 15 is 0 Å². The summed E-state index contributed by atoms with van der Waals surface area (Å²) >= 11 is 0. The van der Waals surface area contributed by atoms with Crippen LogP contribution in [0.15, 0.2) is 24.3 Å². The van der Waals surface area contributed by atoms with Crippen LogP contribution in [0.5, 0.6) is 5.75 Å². The quantitative estimate of drug-likeness (QED) is 0.801. The second-order valence-electron chi connectivity index (χ2n) is 6.98. The summed E-state index contributed by atoms with van der Waals surface area (Å²) in [5.74, 6) is 0.856. The molecule has 6 heteroatoms. The zero-order valence-electron chi connectivity index (χ0n) is 14.7. The van der Waals surface area contributed by atoms with Gasteiger partial charge in [-0.2, -0.15) is 0 Å². The molecule has 1 aliphatic heterocycles. The molecular formula is C19H27NO5. The Labute approximate surface area is 148 Å². The van der Waals surface area contributed by atoms with Crippen molar-refractivity contribution in [3.8, 4) is 5.75 Å². The fourth-order valence-corrected chi connectivity index (χ4v) is 4.05. The van der Waals surface area contributed by atoms with Crippen molar-refractivity contribution in [1.82, 2.24) is 4.90 Å². The van der Waals surface area contributed by atoms with Crippen LogP contribution in [0.1, 0.15) is 24.8 Å². The normalized spacial score (nSPS) is 24.8. The van der Waals surface area contributed by atoms with E-state index in [1.54, 1.807) is 7.11 Å². The third-order valence-corrected chi connectivity index (χ3v) is 5.69. The number of likely N-dealkylation sites (tertiary alicyclic amines) is 1. The number of piperidine rings is 1. The van der Waals surface area contributed by atoms with Crippen LogP contribution >= 0.6 is 0 Å². The molecule has 1 amide bonds. The van der Waals surface area contributed by atoms with E-state index in [2.05, 4.69) is 0 Å². The molecule has 1 spiro atoms. The highest BCUT2D eigenvalue weighted by Crippen LogP contribution is 2.50. The molecule has 0 unspecified atom stereocenters. The van der Waals surface area contributed by atoms with Gasteiger partial charge in [-0.15, -0.1) is 0 Å². The van der Waals surface area contributed by atoms with Gasteiger partial charge in [-0.25, -0.2) is 0 Å². The maximum absolute atomic E-state index is 12.6. The minimum Gasteiger partial charge on any atom is -0.497 e. The first-order valence-electron chi connectivity index (χ1n) is 8.90. The lowest BCUT2D eigenvalue weighted by Gasteiger charge is -2.56. The molecule has 2 atom stereocenters. The Balaban J connectivity index is 1.55. The lowest BCUT2D eigenvalue weighted by molar-refractivity contribution is -0.213. The van der Waals surface area contributed by atoms with E-state index < -0.39 is 0 Å². The molecule has 1 aromatic carbocycles. The number of methoxy groups -OCH3 is 1. The van der Waals surface area contributed by atoms with Gasteiger partial charge in [0, 0.05) is 24.9 Å². The summed E-state index contributed by atoms with van der Waals surface area (Å²) in [4.78, 5) is 14.5. The fourth-order valence-electron chi connectivity index (χ4n) is 4.05. The Morgan fingerprint density at radius 1 is 1.36 bits per heavy atom. The van der Waals surface area contributed by atoms with Crippen molar-refractivity contribution in [3.05, 3.63) is 29.8 Å². The van der Waals surface area contributed by atoms with Gasteiger partial charge in [0.1, 0.15) is 5.75 Å². The zero-order valence-corrected chi connectivity index (χ0v) is 14.7. The molecule has 1 saturated carbocycles. The maximum atomic E-state index is 12.6. The molecular weight excluding hydrogens is 322 g/mol. The smallest absolute Gasteiger partial charge is 0.226 e. The van der Waals surface area contributed by atoms with Gasteiger partial charge in [0.05, 0.1) is 39.0 Å². The zero-order chi connectivity index (χ0) is 17.9. The molecule has 1 saturated heterocycles. The first-order valence-corrected chi connectivity index (χ1v) is 8.90. The van der Waals surface area contributed by atoms with Crippen LogP contribution in [0.25, 0.3) is 0 Å². The summed E-state index contributed by atoms with van der Waals surface area (Å²) in [6.45, 7) is 1.57. The van der Waals surface area contributed by atoms with Gasteiger partial charge in [-0.05, 0) is 30.5 Å². The van der Waals surface area contributed by atoms with Crippen LogP contribution in [0.4, 0.5) is 0 Å². The number of nitrogens with zero attached hydrogens (tertiary/aromatic N) is 1. The average molecular weight is 349 g/mol. The summed E-state index contributed by atoms with van der Waals surface area (Å²) in [5, 5.41) is 19.2. The van der Waals surface area contributed by atoms with Crippen LogP contribution < -0.4 is 4.74 Å². The van der Waals surface area contributed by atoms with Gasteiger partial charge in [0.2, 0.25) is 5.91 Å². The van der Waals surface area contributed by atoms with Gasteiger partial charge in [0.15, 0.2) is 0 Å². The third kappa shape index (κ3) is 3.66. The predicted octanol–water partition coefficient (Wildman–Crippen LogP) is 0.989. The van der Waals surface area contributed by atoms with Crippen molar-refractivity contribution in [3.63, 3.8) is 0 Å². The molecule has 1 aromatic rings. The molecule has 3 rings (SSSR count). The van der Waals surface area contributed by atoms with Crippen LogP contribution in [-0.2, 0) is 16.0 Å². The van der Waals surface area contributed by atoms with Crippen LogP contribution in [0.3, 0.4) is 0 Å². The summed E-state index contributed by atoms with van der Waals surface area (Å²) in [6, 6.07) is 7.57. The Hall–Kier alpha value is -1.63. The lowest BCUT2D eigenvalue weighted by Crippen LogP contribution is -2.63. The molecule has 1 aliphatic carbocycles. The monoisotopic (exact) mass is 349 g/mol. The first-order chi connectivity index (χ1) is 12.1. The summed E-state index contributed by atoms with van der Waals surface area (Å²) in [5.41, 5.74) is 0.694. The van der Waals surface area contributed by atoms with E-state index in [0.717, 1.165) is 24.2 Å². The third-order valence-electron chi connectivity index (χ3n) is 5.69. The summed E-state index contributed by atoms with van der Waals surface area (Å²) < 4.78 is 10.9. The number of carbonyl (C=O) groups excluding carboxylic acids is 1. The molecule has 0 aromatic heterocycles.